The average molecular weight is 308 g/mol. The van der Waals surface area contributed by atoms with Crippen LogP contribution in [-0.4, -0.2) is 37.7 Å². The third-order valence-corrected chi connectivity index (χ3v) is 4.47. The Morgan fingerprint density at radius 3 is 2.62 bits per heavy atom. The molecule has 21 heavy (non-hydrogen) atoms. The quantitative estimate of drug-likeness (QED) is 0.750. The molecule has 1 aliphatic rings. The van der Waals surface area contributed by atoms with Gasteiger partial charge in [0.25, 0.3) is 0 Å². The standard InChI is InChI=1S/C18H26ClNO/c1-14(2)15(3)18(16-5-7-17(19)8-6-16)13-20-9-4-11-21-12-10-20/h5-8,14,18H,3-4,9-13H2,1-2H3/t18-/m0/s1. The van der Waals surface area contributed by atoms with Crippen LogP contribution < -0.4 is 0 Å². The summed E-state index contributed by atoms with van der Waals surface area (Å²) in [5.74, 6) is 0.842. The molecular formula is C18H26ClNO. The van der Waals surface area contributed by atoms with Gasteiger partial charge in [0.05, 0.1) is 6.61 Å². The first-order chi connectivity index (χ1) is 10.1. The Labute approximate surface area is 133 Å². The number of ether oxygens (including phenoxy) is 1. The number of hydrogen-bond acceptors (Lipinski definition) is 2. The Kier molecular flexibility index (Phi) is 6.28. The van der Waals surface area contributed by atoms with Gasteiger partial charge in [-0.3, -0.25) is 0 Å². The van der Waals surface area contributed by atoms with Gasteiger partial charge in [0.15, 0.2) is 0 Å². The van der Waals surface area contributed by atoms with E-state index in [0.29, 0.717) is 11.8 Å². The number of hydrogen-bond donors (Lipinski definition) is 0. The second-order valence-corrected chi connectivity index (χ2v) is 6.54. The summed E-state index contributed by atoms with van der Waals surface area (Å²) < 4.78 is 5.55. The molecule has 1 aromatic carbocycles. The Morgan fingerprint density at radius 2 is 1.95 bits per heavy atom. The van der Waals surface area contributed by atoms with Crippen LogP contribution in [0.5, 0.6) is 0 Å². The van der Waals surface area contributed by atoms with Crippen LogP contribution in [0.15, 0.2) is 36.4 Å². The van der Waals surface area contributed by atoms with Crippen LogP contribution in [-0.2, 0) is 4.74 Å². The number of nitrogens with zero attached hydrogens (tertiary/aromatic N) is 1. The second-order valence-electron chi connectivity index (χ2n) is 6.10. The van der Waals surface area contributed by atoms with E-state index < -0.39 is 0 Å². The van der Waals surface area contributed by atoms with Crippen LogP contribution in [0.4, 0.5) is 0 Å². The minimum atomic E-state index is 0.361. The third kappa shape index (κ3) is 4.84. The lowest BCUT2D eigenvalue weighted by Crippen LogP contribution is -2.32. The van der Waals surface area contributed by atoms with E-state index in [4.69, 9.17) is 16.3 Å². The molecule has 1 fully saturated rings. The number of rotatable bonds is 5. The summed E-state index contributed by atoms with van der Waals surface area (Å²) in [6.45, 7) is 13.6. The molecule has 0 spiro atoms. The SMILES string of the molecule is C=C(C(C)C)[C@H](CN1CCCOCC1)c1ccc(Cl)cc1. The molecule has 2 nitrogen and oxygen atoms in total. The van der Waals surface area contributed by atoms with Crippen molar-refractivity contribution in [2.75, 3.05) is 32.8 Å². The Balaban J connectivity index is 2.15. The highest BCUT2D eigenvalue weighted by Gasteiger charge is 2.21. The molecule has 3 heteroatoms. The zero-order valence-corrected chi connectivity index (χ0v) is 13.9. The van der Waals surface area contributed by atoms with Crippen molar-refractivity contribution in [2.24, 2.45) is 5.92 Å². The maximum Gasteiger partial charge on any atom is 0.0593 e. The summed E-state index contributed by atoms with van der Waals surface area (Å²) >= 11 is 6.02. The van der Waals surface area contributed by atoms with Crippen molar-refractivity contribution in [3.63, 3.8) is 0 Å². The van der Waals surface area contributed by atoms with Gasteiger partial charge in [0.2, 0.25) is 0 Å². The van der Waals surface area contributed by atoms with Crippen molar-refractivity contribution in [1.82, 2.24) is 4.90 Å². The summed E-state index contributed by atoms with van der Waals surface area (Å²) in [6.07, 6.45) is 1.11. The lowest BCUT2D eigenvalue weighted by Gasteiger charge is -2.29. The number of halogens is 1. The van der Waals surface area contributed by atoms with E-state index >= 15 is 0 Å². The lowest BCUT2D eigenvalue weighted by atomic mass is 9.85. The van der Waals surface area contributed by atoms with E-state index in [-0.39, 0.29) is 0 Å². The van der Waals surface area contributed by atoms with Gasteiger partial charge in [-0.15, -0.1) is 0 Å². The summed E-state index contributed by atoms with van der Waals surface area (Å²) in [6, 6.07) is 8.22. The van der Waals surface area contributed by atoms with Crippen molar-refractivity contribution in [3.8, 4) is 0 Å². The lowest BCUT2D eigenvalue weighted by molar-refractivity contribution is 0.140. The van der Waals surface area contributed by atoms with Crippen LogP contribution in [0.3, 0.4) is 0 Å². The molecular weight excluding hydrogens is 282 g/mol. The van der Waals surface area contributed by atoms with Crippen molar-refractivity contribution < 1.29 is 4.74 Å². The van der Waals surface area contributed by atoms with E-state index in [2.05, 4.69) is 37.5 Å². The molecule has 116 valence electrons. The van der Waals surface area contributed by atoms with Gasteiger partial charge in [-0.25, -0.2) is 0 Å². The van der Waals surface area contributed by atoms with E-state index in [1.165, 1.54) is 11.1 Å². The minimum Gasteiger partial charge on any atom is -0.380 e. The fourth-order valence-electron chi connectivity index (χ4n) is 2.77. The normalized spacial score (nSPS) is 18.5. The monoisotopic (exact) mass is 307 g/mol. The van der Waals surface area contributed by atoms with Crippen LogP contribution in [0, 0.1) is 5.92 Å². The molecule has 1 aromatic rings. The van der Waals surface area contributed by atoms with E-state index in [1.807, 2.05) is 12.1 Å². The molecule has 0 aromatic heterocycles. The first-order valence-corrected chi connectivity index (χ1v) is 8.20. The van der Waals surface area contributed by atoms with Crippen LogP contribution in [0.25, 0.3) is 0 Å². The maximum atomic E-state index is 6.02. The highest BCUT2D eigenvalue weighted by molar-refractivity contribution is 6.30. The fourth-order valence-corrected chi connectivity index (χ4v) is 2.90. The predicted octanol–water partition coefficient (Wildman–Crippen LogP) is 4.36. The molecule has 0 N–H and O–H groups in total. The van der Waals surface area contributed by atoms with E-state index in [9.17, 15) is 0 Å². The van der Waals surface area contributed by atoms with Gasteiger partial charge in [-0.1, -0.05) is 49.7 Å². The Morgan fingerprint density at radius 1 is 1.24 bits per heavy atom. The summed E-state index contributed by atoms with van der Waals surface area (Å²) in [7, 11) is 0. The minimum absolute atomic E-state index is 0.361. The topological polar surface area (TPSA) is 12.5 Å². The first-order valence-electron chi connectivity index (χ1n) is 7.82. The van der Waals surface area contributed by atoms with Crippen molar-refractivity contribution in [3.05, 3.63) is 47.0 Å². The van der Waals surface area contributed by atoms with Gasteiger partial charge in [-0.2, -0.15) is 0 Å². The summed E-state index contributed by atoms with van der Waals surface area (Å²) in [5.41, 5.74) is 2.60. The van der Waals surface area contributed by atoms with Crippen LogP contribution in [0.1, 0.15) is 31.7 Å². The smallest absolute Gasteiger partial charge is 0.0593 e. The molecule has 0 radical (unpaired) electrons. The molecule has 0 aliphatic carbocycles. The molecule has 0 unspecified atom stereocenters. The van der Waals surface area contributed by atoms with Crippen LogP contribution >= 0.6 is 11.6 Å². The molecule has 1 atom stereocenters. The van der Waals surface area contributed by atoms with Gasteiger partial charge in [-0.05, 0) is 30.0 Å². The maximum absolute atomic E-state index is 6.02. The highest BCUT2D eigenvalue weighted by atomic mass is 35.5. The molecule has 1 aliphatic heterocycles. The number of benzene rings is 1. The molecule has 0 bridgehead atoms. The zero-order valence-electron chi connectivity index (χ0n) is 13.1. The zero-order chi connectivity index (χ0) is 15.2. The molecule has 1 heterocycles. The Bertz CT molecular complexity index is 447. The molecule has 1 saturated heterocycles. The third-order valence-electron chi connectivity index (χ3n) is 4.22. The van der Waals surface area contributed by atoms with Crippen molar-refractivity contribution >= 4 is 11.6 Å². The van der Waals surface area contributed by atoms with Crippen molar-refractivity contribution in [2.45, 2.75) is 26.2 Å². The first kappa shape index (κ1) is 16.5. The second kappa shape index (κ2) is 7.98. The average Bonchev–Trinajstić information content (AvgIpc) is 2.73. The molecule has 2 rings (SSSR count). The van der Waals surface area contributed by atoms with Gasteiger partial charge in [0.1, 0.15) is 0 Å². The molecule has 0 saturated carbocycles. The summed E-state index contributed by atoms with van der Waals surface area (Å²) in [5, 5.41) is 0.788. The predicted molar refractivity (Wildman–Crippen MR) is 90.0 cm³/mol. The van der Waals surface area contributed by atoms with E-state index in [0.717, 1.165) is 44.3 Å². The van der Waals surface area contributed by atoms with Crippen LogP contribution in [0.2, 0.25) is 5.02 Å². The van der Waals surface area contributed by atoms with Gasteiger partial charge >= 0.3 is 0 Å². The summed E-state index contributed by atoms with van der Waals surface area (Å²) in [4.78, 5) is 2.50. The molecule has 0 amide bonds. The van der Waals surface area contributed by atoms with Crippen molar-refractivity contribution in [1.29, 1.82) is 0 Å². The fraction of sp³-hybridized carbons (Fsp3) is 0.556. The van der Waals surface area contributed by atoms with Gasteiger partial charge in [0, 0.05) is 37.2 Å². The largest absolute Gasteiger partial charge is 0.380 e. The Hall–Kier alpha value is -0.830. The highest BCUT2D eigenvalue weighted by Crippen LogP contribution is 2.30. The van der Waals surface area contributed by atoms with Gasteiger partial charge < -0.3 is 9.64 Å². The van der Waals surface area contributed by atoms with E-state index in [1.54, 1.807) is 0 Å².